The first-order valence-corrected chi connectivity index (χ1v) is 3.53. The van der Waals surface area contributed by atoms with Gasteiger partial charge in [0.25, 0.3) is 0 Å². The van der Waals surface area contributed by atoms with Crippen LogP contribution in [0.5, 0.6) is 0 Å². The fourth-order valence-corrected chi connectivity index (χ4v) is 0.872. The third kappa shape index (κ3) is 1.42. The van der Waals surface area contributed by atoms with Crippen LogP contribution >= 0.6 is 0 Å². The van der Waals surface area contributed by atoms with Crippen LogP contribution in [0.1, 0.15) is 0 Å². The molecule has 1 N–H and O–H groups in total. The van der Waals surface area contributed by atoms with Crippen LogP contribution in [-0.4, -0.2) is 10.2 Å². The van der Waals surface area contributed by atoms with E-state index in [0.29, 0.717) is 6.01 Å². The Labute approximate surface area is 69.2 Å². The quantitative estimate of drug-likeness (QED) is 0.729. The van der Waals surface area contributed by atoms with Gasteiger partial charge in [-0.3, -0.25) is 0 Å². The second kappa shape index (κ2) is 3.04. The summed E-state index contributed by atoms with van der Waals surface area (Å²) in [6.07, 6.45) is 1.28. The van der Waals surface area contributed by atoms with Crippen LogP contribution in [0, 0.1) is 0 Å². The number of aromatic nitrogens is 2. The molecule has 0 saturated carbocycles. The minimum atomic E-state index is 0.404. The number of hydrogen-bond acceptors (Lipinski definition) is 4. The molecule has 1 heterocycles. The number of nitrogens with one attached hydrogen (secondary N) is 1. The molecular formula is C8H7N3O. The van der Waals surface area contributed by atoms with Crippen LogP contribution < -0.4 is 5.32 Å². The standard InChI is InChI=1S/C8H7N3O/c1-2-4-7(5-3-1)10-8-11-9-6-12-8/h1-6H,(H,10,11). The van der Waals surface area contributed by atoms with Crippen molar-refractivity contribution >= 4 is 11.7 Å². The van der Waals surface area contributed by atoms with E-state index >= 15 is 0 Å². The highest BCUT2D eigenvalue weighted by Crippen LogP contribution is 2.11. The number of anilines is 2. The van der Waals surface area contributed by atoms with Crippen molar-refractivity contribution in [2.75, 3.05) is 5.32 Å². The topological polar surface area (TPSA) is 51.0 Å². The van der Waals surface area contributed by atoms with Crippen molar-refractivity contribution in [3.05, 3.63) is 36.7 Å². The maximum absolute atomic E-state index is 4.90. The Kier molecular flexibility index (Phi) is 1.74. The summed E-state index contributed by atoms with van der Waals surface area (Å²) < 4.78 is 4.90. The highest BCUT2D eigenvalue weighted by molar-refractivity contribution is 5.50. The minimum Gasteiger partial charge on any atom is -0.411 e. The van der Waals surface area contributed by atoms with E-state index in [0.717, 1.165) is 5.69 Å². The Bertz CT molecular complexity index is 330. The lowest BCUT2D eigenvalue weighted by molar-refractivity contribution is 0.572. The number of para-hydroxylation sites is 1. The first-order chi connectivity index (χ1) is 5.95. The number of nitrogens with zero attached hydrogens (tertiary/aromatic N) is 2. The SMILES string of the molecule is c1ccc(Nc2nnco2)cc1. The summed E-state index contributed by atoms with van der Waals surface area (Å²) in [6.45, 7) is 0. The lowest BCUT2D eigenvalue weighted by Gasteiger charge is -1.97. The van der Waals surface area contributed by atoms with Gasteiger partial charge in [0.1, 0.15) is 0 Å². The Morgan fingerprint density at radius 1 is 1.17 bits per heavy atom. The van der Waals surface area contributed by atoms with Crippen molar-refractivity contribution in [3.8, 4) is 0 Å². The fraction of sp³-hybridized carbons (Fsp3) is 0. The Hall–Kier alpha value is -1.84. The van der Waals surface area contributed by atoms with Gasteiger partial charge in [-0.15, -0.1) is 5.10 Å². The van der Waals surface area contributed by atoms with Crippen LogP contribution in [-0.2, 0) is 0 Å². The summed E-state index contributed by atoms with van der Waals surface area (Å²) in [6, 6.07) is 10.0. The highest BCUT2D eigenvalue weighted by atomic mass is 16.4. The van der Waals surface area contributed by atoms with Crippen molar-refractivity contribution < 1.29 is 4.42 Å². The highest BCUT2D eigenvalue weighted by Gasteiger charge is 1.96. The summed E-state index contributed by atoms with van der Waals surface area (Å²) in [5, 5.41) is 10.2. The number of hydrogen-bond donors (Lipinski definition) is 1. The second-order valence-electron chi connectivity index (χ2n) is 2.23. The molecule has 0 amide bonds. The first-order valence-electron chi connectivity index (χ1n) is 3.53. The monoisotopic (exact) mass is 161 g/mol. The predicted octanol–water partition coefficient (Wildman–Crippen LogP) is 1.81. The van der Waals surface area contributed by atoms with Crippen molar-refractivity contribution in [1.82, 2.24) is 10.2 Å². The molecule has 0 aliphatic heterocycles. The van der Waals surface area contributed by atoms with Gasteiger partial charge in [0.2, 0.25) is 6.39 Å². The molecule has 4 heteroatoms. The van der Waals surface area contributed by atoms with Gasteiger partial charge in [-0.1, -0.05) is 23.3 Å². The van der Waals surface area contributed by atoms with Crippen molar-refractivity contribution in [3.63, 3.8) is 0 Å². The zero-order valence-corrected chi connectivity index (χ0v) is 6.27. The van der Waals surface area contributed by atoms with E-state index < -0.39 is 0 Å². The van der Waals surface area contributed by atoms with Gasteiger partial charge in [0.15, 0.2) is 0 Å². The molecule has 60 valence electrons. The van der Waals surface area contributed by atoms with E-state index in [1.807, 2.05) is 30.3 Å². The summed E-state index contributed by atoms with van der Waals surface area (Å²) in [4.78, 5) is 0. The van der Waals surface area contributed by atoms with Crippen LogP contribution in [0.2, 0.25) is 0 Å². The van der Waals surface area contributed by atoms with E-state index in [2.05, 4.69) is 15.5 Å². The molecule has 0 saturated heterocycles. The fourth-order valence-electron chi connectivity index (χ4n) is 0.872. The van der Waals surface area contributed by atoms with E-state index in [1.54, 1.807) is 0 Å². The smallest absolute Gasteiger partial charge is 0.319 e. The molecule has 0 spiro atoms. The zero-order valence-electron chi connectivity index (χ0n) is 6.27. The van der Waals surface area contributed by atoms with Gasteiger partial charge >= 0.3 is 6.01 Å². The van der Waals surface area contributed by atoms with Gasteiger partial charge in [-0.05, 0) is 12.1 Å². The molecule has 0 aliphatic rings. The van der Waals surface area contributed by atoms with Gasteiger partial charge in [-0.25, -0.2) is 0 Å². The molecule has 1 aromatic carbocycles. The average Bonchev–Trinajstić information content (AvgIpc) is 2.59. The lowest BCUT2D eigenvalue weighted by atomic mass is 10.3. The molecule has 2 aromatic rings. The van der Waals surface area contributed by atoms with Crippen LogP contribution in [0.3, 0.4) is 0 Å². The molecule has 0 radical (unpaired) electrons. The maximum atomic E-state index is 4.90. The van der Waals surface area contributed by atoms with E-state index in [4.69, 9.17) is 4.42 Å². The zero-order chi connectivity index (χ0) is 8.23. The van der Waals surface area contributed by atoms with Crippen molar-refractivity contribution in [2.24, 2.45) is 0 Å². The molecule has 1 aromatic heterocycles. The Morgan fingerprint density at radius 3 is 2.67 bits per heavy atom. The molecule has 12 heavy (non-hydrogen) atoms. The number of benzene rings is 1. The summed E-state index contributed by atoms with van der Waals surface area (Å²) in [5.74, 6) is 0. The van der Waals surface area contributed by atoms with Gasteiger partial charge in [0, 0.05) is 5.69 Å². The second-order valence-corrected chi connectivity index (χ2v) is 2.23. The van der Waals surface area contributed by atoms with Crippen LogP contribution in [0.4, 0.5) is 11.7 Å². The molecule has 0 fully saturated rings. The molecule has 0 unspecified atom stereocenters. The summed E-state index contributed by atoms with van der Waals surface area (Å²) >= 11 is 0. The molecule has 0 aliphatic carbocycles. The van der Waals surface area contributed by atoms with Crippen LogP contribution in [0.15, 0.2) is 41.1 Å². The van der Waals surface area contributed by atoms with Gasteiger partial charge < -0.3 is 9.73 Å². The molecular weight excluding hydrogens is 154 g/mol. The van der Waals surface area contributed by atoms with E-state index in [1.165, 1.54) is 6.39 Å². The molecule has 2 rings (SSSR count). The van der Waals surface area contributed by atoms with E-state index in [-0.39, 0.29) is 0 Å². The molecule has 0 atom stereocenters. The van der Waals surface area contributed by atoms with Gasteiger partial charge in [0.05, 0.1) is 0 Å². The Balaban J connectivity index is 2.15. The van der Waals surface area contributed by atoms with Crippen molar-refractivity contribution in [2.45, 2.75) is 0 Å². The predicted molar refractivity (Wildman–Crippen MR) is 44.0 cm³/mol. The summed E-state index contributed by atoms with van der Waals surface area (Å²) in [5.41, 5.74) is 0.932. The van der Waals surface area contributed by atoms with Crippen LogP contribution in [0.25, 0.3) is 0 Å². The minimum absolute atomic E-state index is 0.404. The normalized spacial score (nSPS) is 9.67. The Morgan fingerprint density at radius 2 is 2.00 bits per heavy atom. The first kappa shape index (κ1) is 6.84. The largest absolute Gasteiger partial charge is 0.411 e. The maximum Gasteiger partial charge on any atom is 0.319 e. The molecule has 0 bridgehead atoms. The lowest BCUT2D eigenvalue weighted by Crippen LogP contribution is -1.88. The van der Waals surface area contributed by atoms with E-state index in [9.17, 15) is 0 Å². The molecule has 4 nitrogen and oxygen atoms in total. The summed E-state index contributed by atoms with van der Waals surface area (Å²) in [7, 11) is 0. The average molecular weight is 161 g/mol. The third-order valence-electron chi connectivity index (χ3n) is 1.39. The van der Waals surface area contributed by atoms with Crippen molar-refractivity contribution in [1.29, 1.82) is 0 Å². The number of rotatable bonds is 2. The van der Waals surface area contributed by atoms with Gasteiger partial charge in [-0.2, -0.15) is 0 Å². The third-order valence-corrected chi connectivity index (χ3v) is 1.39.